The van der Waals surface area contributed by atoms with Crippen molar-refractivity contribution >= 4 is 21.9 Å². The summed E-state index contributed by atoms with van der Waals surface area (Å²) >= 11 is 3.06. The summed E-state index contributed by atoms with van der Waals surface area (Å²) < 4.78 is 28.7. The van der Waals surface area contributed by atoms with E-state index in [1.807, 2.05) is 0 Å². The van der Waals surface area contributed by atoms with E-state index in [1.54, 1.807) is 12.1 Å². The van der Waals surface area contributed by atoms with Crippen molar-refractivity contribution in [3.05, 3.63) is 28.2 Å². The Morgan fingerprint density at radius 2 is 2.19 bits per heavy atom. The van der Waals surface area contributed by atoms with Crippen LogP contribution in [0.5, 0.6) is 5.75 Å². The van der Waals surface area contributed by atoms with E-state index in [2.05, 4.69) is 20.7 Å². The number of benzene rings is 1. The highest BCUT2D eigenvalue weighted by atomic mass is 79.9. The summed E-state index contributed by atoms with van der Waals surface area (Å²) in [6, 6.07) is 4.61. The number of aliphatic carboxylic acids is 1. The minimum absolute atomic E-state index is 0.0119. The first kappa shape index (κ1) is 12.9. The normalized spacial score (nSPS) is 10.5. The number of carboxylic acid groups (broad SMARTS) is 1. The minimum Gasteiger partial charge on any atom is -0.481 e. The van der Waals surface area contributed by atoms with Gasteiger partial charge in [-0.3, -0.25) is 4.79 Å². The maximum atomic E-state index is 12.0. The van der Waals surface area contributed by atoms with Crippen molar-refractivity contribution in [2.24, 2.45) is 0 Å². The van der Waals surface area contributed by atoms with Gasteiger partial charge in [-0.15, -0.1) is 0 Å². The molecular formula is C10H9BrF2O3. The topological polar surface area (TPSA) is 46.5 Å². The fourth-order valence-corrected chi connectivity index (χ4v) is 1.48. The van der Waals surface area contributed by atoms with E-state index in [9.17, 15) is 13.6 Å². The zero-order valence-corrected chi connectivity index (χ0v) is 9.71. The second-order valence-electron chi connectivity index (χ2n) is 3.04. The number of hydrogen-bond acceptors (Lipinski definition) is 2. The molecule has 0 saturated heterocycles. The van der Waals surface area contributed by atoms with Gasteiger partial charge in [-0.2, -0.15) is 8.78 Å². The van der Waals surface area contributed by atoms with Crippen LogP contribution in [-0.2, 0) is 11.2 Å². The maximum Gasteiger partial charge on any atom is 0.387 e. The molecule has 0 bridgehead atoms. The summed E-state index contributed by atoms with van der Waals surface area (Å²) in [7, 11) is 0. The average Bonchev–Trinajstić information content (AvgIpc) is 2.18. The van der Waals surface area contributed by atoms with Crippen LogP contribution in [-0.4, -0.2) is 17.7 Å². The van der Waals surface area contributed by atoms with E-state index in [0.717, 1.165) is 0 Å². The molecule has 0 aliphatic carbocycles. The molecule has 0 radical (unpaired) electrons. The predicted molar refractivity (Wildman–Crippen MR) is 56.7 cm³/mol. The Morgan fingerprint density at radius 3 is 2.75 bits per heavy atom. The average molecular weight is 295 g/mol. The molecule has 1 rings (SSSR count). The zero-order chi connectivity index (χ0) is 12.1. The molecule has 1 aromatic rings. The molecule has 0 aromatic heterocycles. The van der Waals surface area contributed by atoms with Gasteiger partial charge in [0.1, 0.15) is 5.75 Å². The van der Waals surface area contributed by atoms with Crippen LogP contribution >= 0.6 is 15.9 Å². The van der Waals surface area contributed by atoms with E-state index >= 15 is 0 Å². The molecule has 0 fully saturated rings. The van der Waals surface area contributed by atoms with Gasteiger partial charge in [0, 0.05) is 6.42 Å². The highest BCUT2D eigenvalue weighted by molar-refractivity contribution is 9.10. The fourth-order valence-electron chi connectivity index (χ4n) is 1.14. The Balaban J connectivity index is 2.76. The van der Waals surface area contributed by atoms with Crippen LogP contribution in [0.2, 0.25) is 0 Å². The van der Waals surface area contributed by atoms with Crippen molar-refractivity contribution in [1.29, 1.82) is 0 Å². The fraction of sp³-hybridized carbons (Fsp3) is 0.300. The molecule has 88 valence electrons. The quantitative estimate of drug-likeness (QED) is 0.908. The van der Waals surface area contributed by atoms with Crippen molar-refractivity contribution < 1.29 is 23.4 Å². The van der Waals surface area contributed by atoms with Gasteiger partial charge in [-0.05, 0) is 40.0 Å². The molecule has 0 atom stereocenters. The Morgan fingerprint density at radius 1 is 1.50 bits per heavy atom. The lowest BCUT2D eigenvalue weighted by Crippen LogP contribution is -2.03. The minimum atomic E-state index is -2.90. The van der Waals surface area contributed by atoms with Crippen molar-refractivity contribution in [1.82, 2.24) is 0 Å². The summed E-state index contributed by atoms with van der Waals surface area (Å²) in [4.78, 5) is 10.3. The number of aryl methyl sites for hydroxylation is 1. The Labute approximate surface area is 99.2 Å². The smallest absolute Gasteiger partial charge is 0.387 e. The first-order valence-electron chi connectivity index (χ1n) is 4.44. The molecule has 1 aromatic carbocycles. The Kier molecular flexibility index (Phi) is 4.67. The second-order valence-corrected chi connectivity index (χ2v) is 3.89. The summed E-state index contributed by atoms with van der Waals surface area (Å²) in [5.41, 5.74) is 0.640. The summed E-state index contributed by atoms with van der Waals surface area (Å²) in [5.74, 6) is -0.919. The molecule has 1 N–H and O–H groups in total. The molecule has 6 heteroatoms. The molecule has 0 aliphatic rings. The third kappa shape index (κ3) is 4.14. The number of alkyl halides is 2. The lowest BCUT2D eigenvalue weighted by molar-refractivity contribution is -0.136. The van der Waals surface area contributed by atoms with Crippen LogP contribution in [0.25, 0.3) is 0 Å². The van der Waals surface area contributed by atoms with E-state index in [4.69, 9.17) is 5.11 Å². The Hall–Kier alpha value is -1.17. The number of rotatable bonds is 5. The van der Waals surface area contributed by atoms with Crippen molar-refractivity contribution in [3.8, 4) is 5.75 Å². The molecule has 0 heterocycles. The van der Waals surface area contributed by atoms with E-state index < -0.39 is 12.6 Å². The van der Waals surface area contributed by atoms with Gasteiger partial charge in [0.2, 0.25) is 0 Å². The second kappa shape index (κ2) is 5.79. The molecule has 0 unspecified atom stereocenters. The lowest BCUT2D eigenvalue weighted by atomic mass is 10.1. The van der Waals surface area contributed by atoms with Crippen molar-refractivity contribution in [3.63, 3.8) is 0 Å². The molecular weight excluding hydrogens is 286 g/mol. The first-order valence-corrected chi connectivity index (χ1v) is 5.23. The maximum absolute atomic E-state index is 12.0. The van der Waals surface area contributed by atoms with E-state index in [1.165, 1.54) is 6.07 Å². The monoisotopic (exact) mass is 294 g/mol. The van der Waals surface area contributed by atoms with Gasteiger partial charge >= 0.3 is 12.6 Å². The van der Waals surface area contributed by atoms with Crippen molar-refractivity contribution in [2.45, 2.75) is 19.5 Å². The van der Waals surface area contributed by atoms with Crippen LogP contribution < -0.4 is 4.74 Å². The number of ether oxygens (including phenoxy) is 1. The molecule has 0 saturated carbocycles. The van der Waals surface area contributed by atoms with Crippen LogP contribution in [0.4, 0.5) is 8.78 Å². The van der Waals surface area contributed by atoms with Gasteiger partial charge in [0.05, 0.1) is 4.47 Å². The third-order valence-electron chi connectivity index (χ3n) is 1.84. The van der Waals surface area contributed by atoms with Crippen LogP contribution in [0.3, 0.4) is 0 Å². The van der Waals surface area contributed by atoms with Gasteiger partial charge < -0.3 is 9.84 Å². The summed E-state index contributed by atoms with van der Waals surface area (Å²) in [6.07, 6.45) is 0.234. The molecule has 0 spiro atoms. The van der Waals surface area contributed by atoms with Gasteiger partial charge in [0.15, 0.2) is 0 Å². The third-order valence-corrected chi connectivity index (χ3v) is 2.49. The van der Waals surface area contributed by atoms with Gasteiger partial charge in [-0.1, -0.05) is 6.07 Å². The summed E-state index contributed by atoms with van der Waals surface area (Å²) in [5, 5.41) is 8.48. The van der Waals surface area contributed by atoms with Crippen LogP contribution in [0.15, 0.2) is 22.7 Å². The van der Waals surface area contributed by atoms with E-state index in [-0.39, 0.29) is 18.6 Å². The van der Waals surface area contributed by atoms with Gasteiger partial charge in [0.25, 0.3) is 0 Å². The van der Waals surface area contributed by atoms with Gasteiger partial charge in [-0.25, -0.2) is 0 Å². The zero-order valence-electron chi connectivity index (χ0n) is 8.12. The van der Waals surface area contributed by atoms with Crippen molar-refractivity contribution in [2.75, 3.05) is 0 Å². The van der Waals surface area contributed by atoms with Crippen LogP contribution in [0.1, 0.15) is 12.0 Å². The predicted octanol–water partition coefficient (Wildman–Crippen LogP) is 3.07. The SMILES string of the molecule is O=C(O)CCc1ccc(Br)c(OC(F)F)c1. The number of carboxylic acids is 1. The highest BCUT2D eigenvalue weighted by Crippen LogP contribution is 2.27. The largest absolute Gasteiger partial charge is 0.481 e. The molecule has 3 nitrogen and oxygen atoms in total. The standard InChI is InChI=1S/C10H9BrF2O3/c11-7-3-1-6(2-4-9(14)15)5-8(7)16-10(12)13/h1,3,5,10H,2,4H2,(H,14,15). The first-order chi connectivity index (χ1) is 7.49. The molecule has 16 heavy (non-hydrogen) atoms. The van der Waals surface area contributed by atoms with Crippen LogP contribution in [0, 0.1) is 0 Å². The van der Waals surface area contributed by atoms with E-state index in [0.29, 0.717) is 10.0 Å². The molecule has 0 aliphatic heterocycles. The Bertz CT molecular complexity index is 382. The highest BCUT2D eigenvalue weighted by Gasteiger charge is 2.09. The summed E-state index contributed by atoms with van der Waals surface area (Å²) in [6.45, 7) is -2.90. The number of halogens is 3. The molecule has 0 amide bonds. The number of hydrogen-bond donors (Lipinski definition) is 1. The number of carbonyl (C=O) groups is 1. The lowest BCUT2D eigenvalue weighted by Gasteiger charge is -2.08.